The molecule has 1 aromatic carbocycles. The highest BCUT2D eigenvalue weighted by Gasteiger charge is 2.49. The summed E-state index contributed by atoms with van der Waals surface area (Å²) in [5.74, 6) is 1.34. The zero-order valence-electron chi connectivity index (χ0n) is 18.6. The van der Waals surface area contributed by atoms with Crippen molar-refractivity contribution in [1.29, 1.82) is 0 Å². The van der Waals surface area contributed by atoms with Gasteiger partial charge in [-0.1, -0.05) is 0 Å². The molecule has 31 heavy (non-hydrogen) atoms. The molecule has 2 aliphatic heterocycles. The van der Waals surface area contributed by atoms with Crippen LogP contribution in [-0.2, 0) is 4.79 Å². The number of rotatable bonds is 4. The molecule has 0 bridgehead atoms. The molecular weight excluding hydrogens is 396 g/mol. The lowest BCUT2D eigenvalue weighted by Gasteiger charge is -2.56. The number of carbonyl (C=O) groups is 2. The Morgan fingerprint density at radius 2 is 1.97 bits per heavy atom. The molecular formula is C23H30N4O4. The van der Waals surface area contributed by atoms with Crippen LogP contribution in [-0.4, -0.2) is 70.7 Å². The molecule has 0 saturated carbocycles. The number of aromatic nitrogens is 2. The number of hydrogen-bond acceptors (Lipinski definition) is 5. The molecule has 0 radical (unpaired) electrons. The van der Waals surface area contributed by atoms with Crippen molar-refractivity contribution in [3.63, 3.8) is 0 Å². The molecule has 2 atom stereocenters. The van der Waals surface area contributed by atoms with Gasteiger partial charge in [-0.25, -0.2) is 0 Å². The molecule has 0 unspecified atom stereocenters. The molecule has 4 rings (SSSR count). The van der Waals surface area contributed by atoms with E-state index in [1.807, 2.05) is 28.0 Å². The van der Waals surface area contributed by atoms with Crippen molar-refractivity contribution in [3.8, 4) is 22.8 Å². The van der Waals surface area contributed by atoms with Crippen LogP contribution in [0, 0.1) is 0 Å². The van der Waals surface area contributed by atoms with Gasteiger partial charge in [0.15, 0.2) is 0 Å². The smallest absolute Gasteiger partial charge is 0.272 e. The summed E-state index contributed by atoms with van der Waals surface area (Å²) >= 11 is 0. The van der Waals surface area contributed by atoms with Crippen molar-refractivity contribution < 1.29 is 19.1 Å². The monoisotopic (exact) mass is 426 g/mol. The predicted octanol–water partition coefficient (Wildman–Crippen LogP) is 3.10. The molecule has 3 heterocycles. The summed E-state index contributed by atoms with van der Waals surface area (Å²) in [6.07, 6.45) is 3.58. The van der Waals surface area contributed by atoms with Crippen molar-refractivity contribution in [2.75, 3.05) is 27.3 Å². The number of amides is 2. The number of benzene rings is 1. The first-order chi connectivity index (χ1) is 14.9. The number of carbonyl (C=O) groups excluding carboxylic acids is 2. The molecule has 2 fully saturated rings. The van der Waals surface area contributed by atoms with E-state index < -0.39 is 0 Å². The van der Waals surface area contributed by atoms with Crippen LogP contribution in [0.4, 0.5) is 0 Å². The maximum absolute atomic E-state index is 13.5. The Balaban J connectivity index is 1.63. The largest absolute Gasteiger partial charge is 0.497 e. The summed E-state index contributed by atoms with van der Waals surface area (Å²) in [7, 11) is 3.20. The van der Waals surface area contributed by atoms with Gasteiger partial charge in [0, 0.05) is 25.6 Å². The lowest BCUT2D eigenvalue weighted by atomic mass is 9.76. The summed E-state index contributed by atoms with van der Waals surface area (Å²) in [5, 5.41) is 7.29. The van der Waals surface area contributed by atoms with Crippen LogP contribution in [0.5, 0.6) is 11.5 Å². The summed E-state index contributed by atoms with van der Waals surface area (Å²) in [4.78, 5) is 29.6. The number of fused-ring (bicyclic) bond motifs is 1. The van der Waals surface area contributed by atoms with Crippen LogP contribution in [0.3, 0.4) is 0 Å². The fourth-order valence-corrected chi connectivity index (χ4v) is 5.24. The Kier molecular flexibility index (Phi) is 5.64. The average Bonchev–Trinajstić information content (AvgIpc) is 3.26. The number of nitrogens with zero attached hydrogens (tertiary/aromatic N) is 3. The van der Waals surface area contributed by atoms with Crippen molar-refractivity contribution >= 4 is 11.8 Å². The fourth-order valence-electron chi connectivity index (χ4n) is 5.24. The second-order valence-electron chi connectivity index (χ2n) is 8.52. The molecule has 2 aliphatic rings. The Bertz CT molecular complexity index is 988. The first kappa shape index (κ1) is 21.2. The Labute approximate surface area is 182 Å². The van der Waals surface area contributed by atoms with Gasteiger partial charge in [-0.15, -0.1) is 0 Å². The van der Waals surface area contributed by atoms with E-state index in [1.54, 1.807) is 27.2 Å². The van der Waals surface area contributed by atoms with E-state index in [0.29, 0.717) is 29.4 Å². The number of methoxy groups -OCH3 is 2. The van der Waals surface area contributed by atoms with E-state index in [-0.39, 0.29) is 23.4 Å². The quantitative estimate of drug-likeness (QED) is 0.812. The third-order valence-corrected chi connectivity index (χ3v) is 6.78. The van der Waals surface area contributed by atoms with Crippen molar-refractivity contribution in [1.82, 2.24) is 20.0 Å². The Morgan fingerprint density at radius 1 is 1.16 bits per heavy atom. The van der Waals surface area contributed by atoms with Gasteiger partial charge >= 0.3 is 0 Å². The predicted molar refractivity (Wildman–Crippen MR) is 116 cm³/mol. The van der Waals surface area contributed by atoms with Gasteiger partial charge in [0.1, 0.15) is 17.2 Å². The number of hydrogen-bond donors (Lipinski definition) is 1. The molecule has 1 N–H and O–H groups in total. The third-order valence-electron chi connectivity index (χ3n) is 6.78. The van der Waals surface area contributed by atoms with Crippen molar-refractivity contribution in [2.45, 2.75) is 51.1 Å². The van der Waals surface area contributed by atoms with Gasteiger partial charge in [0.25, 0.3) is 5.91 Å². The first-order valence-electron chi connectivity index (χ1n) is 10.8. The van der Waals surface area contributed by atoms with Gasteiger partial charge in [-0.05, 0) is 56.9 Å². The van der Waals surface area contributed by atoms with E-state index in [2.05, 4.69) is 17.1 Å². The topological polar surface area (TPSA) is 87.8 Å². The van der Waals surface area contributed by atoms with Crippen molar-refractivity contribution in [3.05, 3.63) is 30.0 Å². The van der Waals surface area contributed by atoms with Crippen LogP contribution in [0.2, 0.25) is 0 Å². The highest BCUT2D eigenvalue weighted by Crippen LogP contribution is 2.40. The molecule has 2 amide bonds. The zero-order chi connectivity index (χ0) is 22.2. The molecule has 2 saturated heterocycles. The summed E-state index contributed by atoms with van der Waals surface area (Å²) in [5.41, 5.74) is 1.48. The molecule has 8 nitrogen and oxygen atoms in total. The minimum absolute atomic E-state index is 0.00417. The molecule has 166 valence electrons. The molecule has 0 aliphatic carbocycles. The van der Waals surface area contributed by atoms with Gasteiger partial charge in [-0.2, -0.15) is 5.10 Å². The normalized spacial score (nSPS) is 23.3. The number of H-pyrrole nitrogens is 1. The van der Waals surface area contributed by atoms with Crippen LogP contribution < -0.4 is 9.47 Å². The standard InChI is InChI=1S/C23H30N4O4/c1-15(28)27-12-5-7-21-23(27,2)10-6-11-26(21)22(29)19-14-18(24-25-19)17-13-16(30-3)8-9-20(17)31-4/h8-9,13-14,21H,5-7,10-12H2,1-4H3,(H,24,25)/t21-,23-/m0/s1. The molecule has 0 spiro atoms. The van der Waals surface area contributed by atoms with Gasteiger partial charge in [0.2, 0.25) is 5.91 Å². The lowest BCUT2D eigenvalue weighted by molar-refractivity contribution is -0.143. The van der Waals surface area contributed by atoms with Crippen LogP contribution in [0.1, 0.15) is 50.0 Å². The van der Waals surface area contributed by atoms with Gasteiger partial charge in [-0.3, -0.25) is 14.7 Å². The minimum Gasteiger partial charge on any atom is -0.497 e. The summed E-state index contributed by atoms with van der Waals surface area (Å²) in [6, 6.07) is 7.24. The second kappa shape index (κ2) is 8.24. The maximum atomic E-state index is 13.5. The number of nitrogens with one attached hydrogen (secondary N) is 1. The van der Waals surface area contributed by atoms with E-state index in [0.717, 1.165) is 37.8 Å². The van der Waals surface area contributed by atoms with Gasteiger partial charge < -0.3 is 19.3 Å². The van der Waals surface area contributed by atoms with Crippen molar-refractivity contribution in [2.24, 2.45) is 0 Å². The van der Waals surface area contributed by atoms with E-state index in [9.17, 15) is 9.59 Å². The van der Waals surface area contributed by atoms with E-state index in [4.69, 9.17) is 9.47 Å². The number of likely N-dealkylation sites (tertiary alicyclic amines) is 2. The first-order valence-corrected chi connectivity index (χ1v) is 10.8. The average molecular weight is 427 g/mol. The molecule has 2 aromatic rings. The number of piperidine rings is 2. The Morgan fingerprint density at radius 3 is 2.68 bits per heavy atom. The maximum Gasteiger partial charge on any atom is 0.272 e. The molecule has 1 aromatic heterocycles. The van der Waals surface area contributed by atoms with Crippen LogP contribution in [0.15, 0.2) is 24.3 Å². The minimum atomic E-state index is -0.323. The third kappa shape index (κ3) is 3.64. The second-order valence-corrected chi connectivity index (χ2v) is 8.52. The fraction of sp³-hybridized carbons (Fsp3) is 0.522. The number of aromatic amines is 1. The summed E-state index contributed by atoms with van der Waals surface area (Å²) < 4.78 is 10.8. The van der Waals surface area contributed by atoms with E-state index in [1.165, 1.54) is 0 Å². The highest BCUT2D eigenvalue weighted by atomic mass is 16.5. The SMILES string of the molecule is COc1ccc(OC)c(-c2cc(C(=O)N3CCC[C@@]4(C)[C@@H]3CCCN4C(C)=O)[nH]n2)c1. The Hall–Kier alpha value is -3.03. The number of ether oxygens (including phenoxy) is 2. The highest BCUT2D eigenvalue weighted by molar-refractivity contribution is 5.94. The lowest BCUT2D eigenvalue weighted by Crippen LogP contribution is -2.68. The van der Waals surface area contributed by atoms with Crippen LogP contribution >= 0.6 is 0 Å². The van der Waals surface area contributed by atoms with Crippen LogP contribution in [0.25, 0.3) is 11.3 Å². The van der Waals surface area contributed by atoms with E-state index >= 15 is 0 Å². The van der Waals surface area contributed by atoms with Gasteiger partial charge in [0.05, 0.1) is 31.5 Å². The molecule has 8 heteroatoms. The summed E-state index contributed by atoms with van der Waals surface area (Å²) in [6.45, 7) is 5.18. The zero-order valence-corrected chi connectivity index (χ0v) is 18.6.